The summed E-state index contributed by atoms with van der Waals surface area (Å²) in [4.78, 5) is 30.6. The van der Waals surface area contributed by atoms with E-state index in [1.807, 2.05) is 22.7 Å². The third-order valence-corrected chi connectivity index (χ3v) is 5.82. The molecule has 9 nitrogen and oxygen atoms in total. The van der Waals surface area contributed by atoms with Crippen molar-refractivity contribution in [2.45, 2.75) is 59.3 Å². The Balaban J connectivity index is 2.04. The quantitative estimate of drug-likeness (QED) is 0.129. The summed E-state index contributed by atoms with van der Waals surface area (Å²) in [7, 11) is 0. The molecule has 2 aromatic heterocycles. The van der Waals surface area contributed by atoms with Gasteiger partial charge in [-0.1, -0.05) is 40.0 Å². The number of carbonyl (C=O) groups excluding carboxylic acids is 2. The van der Waals surface area contributed by atoms with Gasteiger partial charge in [0.2, 0.25) is 5.91 Å². The summed E-state index contributed by atoms with van der Waals surface area (Å²) in [5.74, 6) is 0.358. The predicted octanol–water partition coefficient (Wildman–Crippen LogP) is 3.24. The third kappa shape index (κ3) is 8.79. The zero-order chi connectivity index (χ0) is 24.8. The first kappa shape index (κ1) is 27.3. The number of aryl methyl sites for hydroxylation is 1. The van der Waals surface area contributed by atoms with Crippen molar-refractivity contribution in [1.29, 1.82) is 0 Å². The molecule has 0 fully saturated rings. The molecule has 0 aliphatic heterocycles. The number of carbonyl (C=O) groups is 2. The summed E-state index contributed by atoms with van der Waals surface area (Å²) in [6, 6.07) is 3.77. The fourth-order valence-electron chi connectivity index (χ4n) is 3.78. The molecule has 188 valence electrons. The summed E-state index contributed by atoms with van der Waals surface area (Å²) in [6.45, 7) is 10.4. The zero-order valence-corrected chi connectivity index (χ0v) is 20.8. The van der Waals surface area contributed by atoms with Crippen molar-refractivity contribution in [3.8, 4) is 0 Å². The van der Waals surface area contributed by atoms with E-state index in [2.05, 4.69) is 36.3 Å². The highest BCUT2D eigenvalue weighted by Gasteiger charge is 2.13. The highest BCUT2D eigenvalue weighted by Crippen LogP contribution is 2.22. The van der Waals surface area contributed by atoms with Gasteiger partial charge in [0.05, 0.1) is 5.69 Å². The number of aromatic nitrogens is 2. The van der Waals surface area contributed by atoms with Crippen molar-refractivity contribution in [3.05, 3.63) is 35.7 Å². The highest BCUT2D eigenvalue weighted by atomic mass is 16.5. The van der Waals surface area contributed by atoms with Crippen LogP contribution in [-0.4, -0.2) is 64.0 Å². The first-order chi connectivity index (χ1) is 16.5. The molecule has 0 spiro atoms. The van der Waals surface area contributed by atoms with Crippen molar-refractivity contribution in [2.24, 2.45) is 0 Å². The van der Waals surface area contributed by atoms with Crippen LogP contribution < -0.4 is 16.1 Å². The molecule has 2 amide bonds. The maximum atomic E-state index is 12.3. The summed E-state index contributed by atoms with van der Waals surface area (Å²) in [6.07, 6.45) is 10.6. The molecule has 2 rings (SSSR count). The molecule has 2 aromatic rings. The fraction of sp³-hybridized carbons (Fsp3) is 0.560. The number of imidazole rings is 1. The Labute approximate surface area is 202 Å². The third-order valence-electron chi connectivity index (χ3n) is 5.82. The molecular formula is C25H40N6O3. The molecule has 9 heteroatoms. The second kappa shape index (κ2) is 15.1. The van der Waals surface area contributed by atoms with Gasteiger partial charge in [-0.15, -0.1) is 0 Å². The van der Waals surface area contributed by atoms with Crippen molar-refractivity contribution in [2.75, 3.05) is 38.0 Å². The molecule has 0 radical (unpaired) electrons. The van der Waals surface area contributed by atoms with Crippen LogP contribution >= 0.6 is 0 Å². The number of nitrogens with zero attached hydrogens (tertiary/aromatic N) is 3. The van der Waals surface area contributed by atoms with Crippen LogP contribution in [0.5, 0.6) is 0 Å². The smallest absolute Gasteiger partial charge is 0.267 e. The maximum Gasteiger partial charge on any atom is 0.267 e. The van der Waals surface area contributed by atoms with Gasteiger partial charge in [-0.05, 0) is 49.7 Å². The molecule has 0 bridgehead atoms. The Morgan fingerprint density at radius 3 is 2.65 bits per heavy atom. The molecule has 0 aliphatic carbocycles. The highest BCUT2D eigenvalue weighted by molar-refractivity contribution is 5.91. The lowest BCUT2D eigenvalue weighted by molar-refractivity contribution is -0.124. The van der Waals surface area contributed by atoms with Gasteiger partial charge in [0.25, 0.3) is 5.91 Å². The number of likely N-dealkylation sites (N-methyl/N-ethyl adjacent to an activating group) is 1. The Bertz CT molecular complexity index is 936. The summed E-state index contributed by atoms with van der Waals surface area (Å²) in [5, 5.41) is 15.1. The maximum absolute atomic E-state index is 12.3. The number of hydrogen-bond acceptors (Lipinski definition) is 6. The normalized spacial score (nSPS) is 11.4. The number of amides is 2. The summed E-state index contributed by atoms with van der Waals surface area (Å²) in [5.41, 5.74) is 4.13. The lowest BCUT2D eigenvalue weighted by atomic mass is 10.1. The van der Waals surface area contributed by atoms with Gasteiger partial charge in [0.1, 0.15) is 11.5 Å². The minimum absolute atomic E-state index is 0.0348. The second-order valence-electron chi connectivity index (χ2n) is 8.27. The SMILES string of the molecule is CCCCCCc1nc2cc(/C=C/C(=O)NO)ccn2c1NCCC(=O)NCCN(CC)CC. The zero-order valence-electron chi connectivity index (χ0n) is 20.8. The van der Waals surface area contributed by atoms with Crippen LogP contribution in [0.25, 0.3) is 11.7 Å². The molecule has 0 aromatic carbocycles. The first-order valence-electron chi connectivity index (χ1n) is 12.4. The molecular weight excluding hydrogens is 432 g/mol. The lowest BCUT2D eigenvalue weighted by Crippen LogP contribution is -2.35. The average molecular weight is 473 g/mol. The van der Waals surface area contributed by atoms with E-state index in [1.54, 1.807) is 11.6 Å². The lowest BCUT2D eigenvalue weighted by Gasteiger charge is -2.18. The Morgan fingerprint density at radius 2 is 1.94 bits per heavy atom. The van der Waals surface area contributed by atoms with Gasteiger partial charge in [-0.25, -0.2) is 10.5 Å². The van der Waals surface area contributed by atoms with E-state index in [4.69, 9.17) is 10.2 Å². The topological polar surface area (TPSA) is 111 Å². The fourth-order valence-corrected chi connectivity index (χ4v) is 3.78. The summed E-state index contributed by atoms with van der Waals surface area (Å²) < 4.78 is 1.98. The van der Waals surface area contributed by atoms with Gasteiger partial charge in [0, 0.05) is 38.3 Å². The number of anilines is 1. The van der Waals surface area contributed by atoms with Gasteiger partial charge in [-0.3, -0.25) is 19.2 Å². The first-order valence-corrected chi connectivity index (χ1v) is 12.4. The molecule has 0 saturated carbocycles. The van der Waals surface area contributed by atoms with Crippen molar-refractivity contribution in [3.63, 3.8) is 0 Å². The Hall–Kier alpha value is -2.91. The van der Waals surface area contributed by atoms with Crippen LogP contribution in [0.1, 0.15) is 64.1 Å². The Kier molecular flexibility index (Phi) is 12.1. The van der Waals surface area contributed by atoms with Crippen LogP contribution in [0.15, 0.2) is 24.4 Å². The molecule has 4 N–H and O–H groups in total. The number of rotatable bonds is 16. The molecule has 34 heavy (non-hydrogen) atoms. The van der Waals surface area contributed by atoms with E-state index < -0.39 is 5.91 Å². The van der Waals surface area contributed by atoms with Crippen molar-refractivity contribution < 1.29 is 14.8 Å². The molecule has 0 unspecified atom stereocenters. The van der Waals surface area contributed by atoms with Gasteiger partial charge in [0.15, 0.2) is 0 Å². The monoisotopic (exact) mass is 472 g/mol. The number of pyridine rings is 1. The van der Waals surface area contributed by atoms with Gasteiger partial charge >= 0.3 is 0 Å². The number of hydroxylamine groups is 1. The van der Waals surface area contributed by atoms with Crippen molar-refractivity contribution in [1.82, 2.24) is 25.1 Å². The van der Waals surface area contributed by atoms with E-state index >= 15 is 0 Å². The van der Waals surface area contributed by atoms with Crippen LogP contribution in [0.3, 0.4) is 0 Å². The van der Waals surface area contributed by atoms with Crippen LogP contribution in [0, 0.1) is 0 Å². The van der Waals surface area contributed by atoms with E-state index in [9.17, 15) is 9.59 Å². The minimum atomic E-state index is -0.586. The van der Waals surface area contributed by atoms with Gasteiger partial charge in [-0.2, -0.15) is 0 Å². The molecule has 0 saturated heterocycles. The number of unbranched alkanes of at least 4 members (excludes halogenated alkanes) is 3. The number of nitrogens with one attached hydrogen (secondary N) is 3. The van der Waals surface area contributed by atoms with Crippen molar-refractivity contribution >= 4 is 29.4 Å². The molecule has 0 atom stereocenters. The molecule has 2 heterocycles. The van der Waals surface area contributed by atoms with Crippen LogP contribution in [0.4, 0.5) is 5.82 Å². The van der Waals surface area contributed by atoms with Gasteiger partial charge < -0.3 is 15.5 Å². The average Bonchev–Trinajstić information content (AvgIpc) is 3.19. The summed E-state index contributed by atoms with van der Waals surface area (Å²) >= 11 is 0. The minimum Gasteiger partial charge on any atom is -0.369 e. The number of fused-ring (bicyclic) bond motifs is 1. The van der Waals surface area contributed by atoms with E-state index in [-0.39, 0.29) is 5.91 Å². The standard InChI is InChI=1S/C25H40N6O3/c1-4-7-8-9-10-21-25(27-15-13-23(32)26-16-18-30(5-2)6-3)31-17-14-20(19-22(31)28-21)11-12-24(33)29-34/h11-12,14,17,19,27,34H,4-10,13,15-16,18H2,1-3H3,(H,26,32)(H,29,33)/b12-11+. The second-order valence-corrected chi connectivity index (χ2v) is 8.27. The largest absolute Gasteiger partial charge is 0.369 e. The van der Waals surface area contributed by atoms with E-state index in [1.165, 1.54) is 18.9 Å². The Morgan fingerprint density at radius 1 is 1.15 bits per heavy atom. The molecule has 0 aliphatic rings. The van der Waals surface area contributed by atoms with E-state index in [0.29, 0.717) is 19.5 Å². The number of hydrogen-bond donors (Lipinski definition) is 4. The van der Waals surface area contributed by atoms with E-state index in [0.717, 1.165) is 61.6 Å². The van der Waals surface area contributed by atoms with Crippen LogP contribution in [0.2, 0.25) is 0 Å². The van der Waals surface area contributed by atoms with Crippen LogP contribution in [-0.2, 0) is 16.0 Å². The predicted molar refractivity (Wildman–Crippen MR) is 136 cm³/mol.